The summed E-state index contributed by atoms with van der Waals surface area (Å²) >= 11 is 1.58. The molecule has 1 N–H and O–H groups in total. The summed E-state index contributed by atoms with van der Waals surface area (Å²) in [4.78, 5) is 4.82. The van der Waals surface area contributed by atoms with Crippen LogP contribution in [0.25, 0.3) is 0 Å². The summed E-state index contributed by atoms with van der Waals surface area (Å²) < 4.78 is 36.8. The third kappa shape index (κ3) is 3.20. The summed E-state index contributed by atoms with van der Waals surface area (Å²) in [6.45, 7) is 0.566. The Morgan fingerprint density at radius 2 is 2.06 bits per heavy atom. The Balaban J connectivity index is 1.99. The van der Waals surface area contributed by atoms with Crippen LogP contribution in [0.1, 0.15) is 10.4 Å². The van der Waals surface area contributed by atoms with Gasteiger partial charge >= 0.3 is 6.18 Å². The Bertz CT molecular complexity index is 462. The quantitative estimate of drug-likeness (QED) is 0.906. The van der Waals surface area contributed by atoms with Gasteiger partial charge in [0, 0.05) is 11.1 Å². The molecule has 2 aromatic rings. The van der Waals surface area contributed by atoms with Gasteiger partial charge in [0.25, 0.3) is 0 Å². The summed E-state index contributed by atoms with van der Waals surface area (Å²) in [7, 11) is 0. The molecular formula is C11H9F3N2S. The number of pyridine rings is 1. The van der Waals surface area contributed by atoms with E-state index in [-0.39, 0.29) is 0 Å². The van der Waals surface area contributed by atoms with Crippen LogP contribution in [0, 0.1) is 0 Å². The van der Waals surface area contributed by atoms with Gasteiger partial charge < -0.3 is 5.32 Å². The average Bonchev–Trinajstić information content (AvgIpc) is 2.78. The lowest BCUT2D eigenvalue weighted by atomic mass is 10.3. The number of thiophene rings is 1. The number of halogens is 3. The minimum atomic E-state index is -4.33. The average molecular weight is 258 g/mol. The molecule has 0 aliphatic rings. The molecule has 90 valence electrons. The predicted octanol–water partition coefficient (Wildman–Crippen LogP) is 3.77. The van der Waals surface area contributed by atoms with Crippen molar-refractivity contribution in [3.63, 3.8) is 0 Å². The third-order valence-electron chi connectivity index (χ3n) is 2.11. The highest BCUT2D eigenvalue weighted by Crippen LogP contribution is 2.28. The second-order valence-electron chi connectivity index (χ2n) is 3.36. The molecule has 6 heteroatoms. The Hall–Kier alpha value is -1.56. The van der Waals surface area contributed by atoms with Crippen LogP contribution in [0.3, 0.4) is 0 Å². The smallest absolute Gasteiger partial charge is 0.365 e. The topological polar surface area (TPSA) is 24.9 Å². The first kappa shape index (κ1) is 11.9. The molecule has 17 heavy (non-hydrogen) atoms. The highest BCUT2D eigenvalue weighted by Gasteiger charge is 2.30. The van der Waals surface area contributed by atoms with Gasteiger partial charge in [0.1, 0.15) is 5.82 Å². The second kappa shape index (κ2) is 4.75. The van der Waals surface area contributed by atoms with E-state index >= 15 is 0 Å². The third-order valence-corrected chi connectivity index (χ3v) is 2.99. The van der Waals surface area contributed by atoms with E-state index in [0.29, 0.717) is 12.4 Å². The molecule has 0 spiro atoms. The number of hydrogen-bond acceptors (Lipinski definition) is 3. The first-order valence-corrected chi connectivity index (χ1v) is 5.73. The molecular weight excluding hydrogens is 249 g/mol. The van der Waals surface area contributed by atoms with Gasteiger partial charge in [0.15, 0.2) is 0 Å². The van der Waals surface area contributed by atoms with Gasteiger partial charge in [0.05, 0.1) is 12.1 Å². The molecule has 0 unspecified atom stereocenters. The molecule has 0 aromatic carbocycles. The van der Waals surface area contributed by atoms with Crippen molar-refractivity contribution in [1.82, 2.24) is 4.98 Å². The standard InChI is InChI=1S/C11H9F3N2S/c12-11(13,14)8-3-4-10(15-6-8)16-7-9-2-1-5-17-9/h1-6H,7H2,(H,15,16). The van der Waals surface area contributed by atoms with Crippen LogP contribution in [-0.2, 0) is 12.7 Å². The summed E-state index contributed by atoms with van der Waals surface area (Å²) in [5.41, 5.74) is -0.737. The monoisotopic (exact) mass is 258 g/mol. The van der Waals surface area contributed by atoms with Crippen molar-refractivity contribution in [2.24, 2.45) is 0 Å². The Kier molecular flexibility index (Phi) is 3.33. The largest absolute Gasteiger partial charge is 0.417 e. The van der Waals surface area contributed by atoms with E-state index < -0.39 is 11.7 Å². The van der Waals surface area contributed by atoms with E-state index in [2.05, 4.69) is 10.3 Å². The first-order chi connectivity index (χ1) is 8.05. The lowest BCUT2D eigenvalue weighted by Gasteiger charge is -2.07. The fourth-order valence-electron chi connectivity index (χ4n) is 1.26. The molecule has 0 saturated heterocycles. The number of anilines is 1. The summed E-state index contributed by atoms with van der Waals surface area (Å²) in [5, 5.41) is 4.90. The lowest BCUT2D eigenvalue weighted by molar-refractivity contribution is -0.137. The van der Waals surface area contributed by atoms with E-state index in [1.807, 2.05) is 17.5 Å². The molecule has 0 bridgehead atoms. The Morgan fingerprint density at radius 3 is 2.59 bits per heavy atom. The van der Waals surface area contributed by atoms with Gasteiger partial charge in [-0.2, -0.15) is 13.2 Å². The van der Waals surface area contributed by atoms with Crippen molar-refractivity contribution in [1.29, 1.82) is 0 Å². The van der Waals surface area contributed by atoms with E-state index in [0.717, 1.165) is 17.1 Å². The van der Waals surface area contributed by atoms with Crippen molar-refractivity contribution in [2.45, 2.75) is 12.7 Å². The van der Waals surface area contributed by atoms with Crippen LogP contribution < -0.4 is 5.32 Å². The van der Waals surface area contributed by atoms with Gasteiger partial charge in [-0.05, 0) is 23.6 Å². The minimum absolute atomic E-state index is 0.436. The van der Waals surface area contributed by atoms with Crippen LogP contribution in [0.5, 0.6) is 0 Å². The number of rotatable bonds is 3. The maximum absolute atomic E-state index is 12.3. The van der Waals surface area contributed by atoms with Crippen LogP contribution >= 0.6 is 11.3 Å². The van der Waals surface area contributed by atoms with Crippen LogP contribution in [0.4, 0.5) is 19.0 Å². The second-order valence-corrected chi connectivity index (χ2v) is 4.40. The fraction of sp³-hybridized carbons (Fsp3) is 0.182. The summed E-state index contributed by atoms with van der Waals surface area (Å²) in [6, 6.07) is 6.21. The first-order valence-electron chi connectivity index (χ1n) is 4.85. The van der Waals surface area contributed by atoms with E-state index in [9.17, 15) is 13.2 Å². The SMILES string of the molecule is FC(F)(F)c1ccc(NCc2cccs2)nc1. The van der Waals surface area contributed by atoms with Gasteiger partial charge in [-0.15, -0.1) is 11.3 Å². The molecule has 0 saturated carbocycles. The van der Waals surface area contributed by atoms with E-state index in [1.54, 1.807) is 11.3 Å². The molecule has 2 nitrogen and oxygen atoms in total. The summed E-state index contributed by atoms with van der Waals surface area (Å²) in [5.74, 6) is 0.436. The summed E-state index contributed by atoms with van der Waals surface area (Å²) in [6.07, 6.45) is -3.50. The number of alkyl halides is 3. The normalized spacial score (nSPS) is 11.5. The van der Waals surface area contributed by atoms with Crippen molar-refractivity contribution in [3.8, 4) is 0 Å². The molecule has 2 heterocycles. The lowest BCUT2D eigenvalue weighted by Crippen LogP contribution is -2.06. The van der Waals surface area contributed by atoms with Gasteiger partial charge in [-0.25, -0.2) is 4.98 Å². The van der Waals surface area contributed by atoms with E-state index in [4.69, 9.17) is 0 Å². The zero-order valence-corrected chi connectivity index (χ0v) is 9.48. The molecule has 0 atom stereocenters. The maximum Gasteiger partial charge on any atom is 0.417 e. The number of nitrogens with zero attached hydrogens (tertiary/aromatic N) is 1. The molecule has 2 rings (SSSR count). The van der Waals surface area contributed by atoms with Gasteiger partial charge in [0.2, 0.25) is 0 Å². The molecule has 0 amide bonds. The Morgan fingerprint density at radius 1 is 1.24 bits per heavy atom. The molecule has 2 aromatic heterocycles. The number of aromatic nitrogens is 1. The maximum atomic E-state index is 12.3. The highest BCUT2D eigenvalue weighted by molar-refractivity contribution is 7.09. The van der Waals surface area contributed by atoms with Crippen molar-refractivity contribution < 1.29 is 13.2 Å². The number of hydrogen-bond donors (Lipinski definition) is 1. The minimum Gasteiger partial charge on any atom is -0.365 e. The molecule has 0 fully saturated rings. The molecule has 0 radical (unpaired) electrons. The van der Waals surface area contributed by atoms with Crippen molar-refractivity contribution >= 4 is 17.2 Å². The molecule has 0 aliphatic carbocycles. The number of nitrogens with one attached hydrogen (secondary N) is 1. The highest BCUT2D eigenvalue weighted by atomic mass is 32.1. The Labute approximate surface area is 100 Å². The molecule has 0 aliphatic heterocycles. The van der Waals surface area contributed by atoms with Crippen LogP contribution in [-0.4, -0.2) is 4.98 Å². The van der Waals surface area contributed by atoms with Crippen molar-refractivity contribution in [2.75, 3.05) is 5.32 Å². The fourth-order valence-corrected chi connectivity index (χ4v) is 1.90. The van der Waals surface area contributed by atoms with Gasteiger partial charge in [-0.1, -0.05) is 6.07 Å². The predicted molar refractivity (Wildman–Crippen MR) is 60.9 cm³/mol. The van der Waals surface area contributed by atoms with Crippen LogP contribution in [0.2, 0.25) is 0 Å². The van der Waals surface area contributed by atoms with E-state index in [1.165, 1.54) is 6.07 Å². The van der Waals surface area contributed by atoms with Crippen molar-refractivity contribution in [3.05, 3.63) is 46.3 Å². The van der Waals surface area contributed by atoms with Crippen LogP contribution in [0.15, 0.2) is 35.8 Å². The van der Waals surface area contributed by atoms with Gasteiger partial charge in [-0.3, -0.25) is 0 Å². The zero-order valence-electron chi connectivity index (χ0n) is 8.66. The zero-order chi connectivity index (χ0) is 12.3.